The van der Waals surface area contributed by atoms with E-state index in [0.29, 0.717) is 19.0 Å². The topological polar surface area (TPSA) is 102 Å². The van der Waals surface area contributed by atoms with Gasteiger partial charge in [0.2, 0.25) is 11.8 Å². The number of carbonyl (C=O) groups excluding carboxylic acids is 1. The molecule has 1 aliphatic rings. The van der Waals surface area contributed by atoms with Crippen molar-refractivity contribution in [3.05, 3.63) is 60.0 Å². The van der Waals surface area contributed by atoms with E-state index in [1.165, 1.54) is 0 Å². The first-order valence-electron chi connectivity index (χ1n) is 11.5. The molecule has 34 heavy (non-hydrogen) atoms. The Morgan fingerprint density at radius 3 is 2.68 bits per heavy atom. The van der Waals surface area contributed by atoms with Crippen molar-refractivity contribution in [1.29, 1.82) is 0 Å². The fraction of sp³-hybridized carbons (Fsp3) is 0.308. The highest BCUT2D eigenvalue weighted by Crippen LogP contribution is 2.26. The summed E-state index contributed by atoms with van der Waals surface area (Å²) in [4.78, 5) is 20.1. The number of nitrogens with zero attached hydrogens (tertiary/aromatic N) is 5. The monoisotopic (exact) mass is 453 g/mol. The number of hydrogen-bond acceptors (Lipinski definition) is 6. The van der Waals surface area contributed by atoms with E-state index in [0.717, 1.165) is 46.8 Å². The van der Waals surface area contributed by atoms with Crippen LogP contribution in [0.4, 0.5) is 5.95 Å². The highest BCUT2D eigenvalue weighted by atomic mass is 16.2. The normalized spacial score (nSPS) is 15.8. The molecule has 3 heterocycles. The predicted molar refractivity (Wildman–Crippen MR) is 133 cm³/mol. The van der Waals surface area contributed by atoms with Gasteiger partial charge in [0.1, 0.15) is 0 Å². The number of pyridine rings is 1. The number of benzene rings is 2. The van der Waals surface area contributed by atoms with Crippen LogP contribution in [-0.4, -0.2) is 44.8 Å². The second-order valence-corrected chi connectivity index (χ2v) is 8.49. The molecule has 0 radical (unpaired) electrons. The quantitative estimate of drug-likeness (QED) is 0.356. The second kappa shape index (κ2) is 9.49. The highest BCUT2D eigenvalue weighted by Gasteiger charge is 2.25. The maximum Gasteiger partial charge on any atom is 0.289 e. The van der Waals surface area contributed by atoms with Crippen molar-refractivity contribution in [2.75, 3.05) is 18.0 Å². The standard InChI is InChI=1S/C26H27N7O/c1-2-3-15-33-24(30-31-26(33)32-14-8-9-18(27)17-32)25(34)28-16-23-21-12-5-4-10-19(21)20-11-6-7-13-22(20)29-23/h4-7,10-13,18H,8-9,14-17,27H2,1H3,(H,28,34). The molecule has 172 valence electrons. The lowest BCUT2D eigenvalue weighted by molar-refractivity contribution is 0.0936. The molecule has 5 rings (SSSR count). The number of nitrogens with one attached hydrogen (secondary N) is 1. The fourth-order valence-corrected chi connectivity index (χ4v) is 4.54. The lowest BCUT2D eigenvalue weighted by Gasteiger charge is -2.31. The molecule has 8 nitrogen and oxygen atoms in total. The maximum absolute atomic E-state index is 13.2. The SMILES string of the molecule is CC#CCn1c(C(=O)NCc2nc3ccccc3c3ccccc23)nnc1N1CCCC(N)C1. The molecular weight excluding hydrogens is 426 g/mol. The highest BCUT2D eigenvalue weighted by molar-refractivity contribution is 6.06. The summed E-state index contributed by atoms with van der Waals surface area (Å²) in [5.41, 5.74) is 7.87. The number of hydrogen-bond donors (Lipinski definition) is 2. The minimum absolute atomic E-state index is 0.0840. The summed E-state index contributed by atoms with van der Waals surface area (Å²) >= 11 is 0. The third-order valence-electron chi connectivity index (χ3n) is 6.19. The zero-order valence-corrected chi connectivity index (χ0v) is 19.2. The minimum Gasteiger partial charge on any atom is -0.344 e. The van der Waals surface area contributed by atoms with Crippen LogP contribution in [0.25, 0.3) is 21.7 Å². The average molecular weight is 454 g/mol. The average Bonchev–Trinajstić information content (AvgIpc) is 3.30. The van der Waals surface area contributed by atoms with Gasteiger partial charge in [0.25, 0.3) is 5.91 Å². The smallest absolute Gasteiger partial charge is 0.289 e. The zero-order valence-electron chi connectivity index (χ0n) is 19.2. The number of para-hydroxylation sites is 1. The Bertz CT molecular complexity index is 1420. The number of carbonyl (C=O) groups is 1. The number of fused-ring (bicyclic) bond motifs is 3. The third-order valence-corrected chi connectivity index (χ3v) is 6.19. The van der Waals surface area contributed by atoms with Gasteiger partial charge in [-0.1, -0.05) is 48.4 Å². The van der Waals surface area contributed by atoms with Crippen LogP contribution in [0.2, 0.25) is 0 Å². The van der Waals surface area contributed by atoms with E-state index in [2.05, 4.69) is 44.4 Å². The van der Waals surface area contributed by atoms with E-state index in [4.69, 9.17) is 10.7 Å². The van der Waals surface area contributed by atoms with Crippen molar-refractivity contribution in [2.45, 2.75) is 38.9 Å². The largest absolute Gasteiger partial charge is 0.344 e. The van der Waals surface area contributed by atoms with Gasteiger partial charge in [0.15, 0.2) is 0 Å². The zero-order chi connectivity index (χ0) is 23.5. The molecule has 8 heteroatoms. The Balaban J connectivity index is 1.43. The lowest BCUT2D eigenvalue weighted by Crippen LogP contribution is -2.44. The minimum atomic E-state index is -0.308. The molecule has 0 spiro atoms. The molecule has 1 fully saturated rings. The Kier molecular flexibility index (Phi) is 6.11. The first kappa shape index (κ1) is 21.9. The summed E-state index contributed by atoms with van der Waals surface area (Å²) in [5, 5.41) is 14.8. The van der Waals surface area contributed by atoms with E-state index in [1.807, 2.05) is 36.4 Å². The molecule has 0 saturated carbocycles. The Labute approximate surface area is 198 Å². The molecule has 1 unspecified atom stereocenters. The number of piperidine rings is 1. The van der Waals surface area contributed by atoms with Crippen LogP contribution in [-0.2, 0) is 13.1 Å². The number of aromatic nitrogens is 4. The number of amides is 1. The van der Waals surface area contributed by atoms with Crippen LogP contribution in [0.15, 0.2) is 48.5 Å². The van der Waals surface area contributed by atoms with Gasteiger partial charge in [-0.2, -0.15) is 0 Å². The molecule has 0 aliphatic carbocycles. The molecule has 1 amide bonds. The van der Waals surface area contributed by atoms with Crippen LogP contribution in [0, 0.1) is 11.8 Å². The molecule has 1 saturated heterocycles. The van der Waals surface area contributed by atoms with Crippen LogP contribution in [0.5, 0.6) is 0 Å². The summed E-state index contributed by atoms with van der Waals surface area (Å²) in [5.74, 6) is 6.50. The molecule has 2 aromatic carbocycles. The van der Waals surface area contributed by atoms with Gasteiger partial charge in [0, 0.05) is 29.9 Å². The molecular formula is C26H27N7O. The maximum atomic E-state index is 13.2. The van der Waals surface area contributed by atoms with Crippen LogP contribution >= 0.6 is 0 Å². The molecule has 1 aliphatic heterocycles. The number of nitrogens with two attached hydrogens (primary N) is 1. The van der Waals surface area contributed by atoms with Gasteiger partial charge in [-0.05, 0) is 31.2 Å². The van der Waals surface area contributed by atoms with Crippen LogP contribution < -0.4 is 16.0 Å². The molecule has 3 N–H and O–H groups in total. The van der Waals surface area contributed by atoms with Gasteiger partial charge in [-0.25, -0.2) is 0 Å². The molecule has 2 aromatic heterocycles. The van der Waals surface area contributed by atoms with Crippen molar-refractivity contribution in [1.82, 2.24) is 25.1 Å². The first-order chi connectivity index (χ1) is 16.7. The predicted octanol–water partition coefficient (Wildman–Crippen LogP) is 2.86. The van der Waals surface area contributed by atoms with Crippen molar-refractivity contribution >= 4 is 33.5 Å². The van der Waals surface area contributed by atoms with E-state index >= 15 is 0 Å². The van der Waals surface area contributed by atoms with E-state index in [1.54, 1.807) is 11.5 Å². The Morgan fingerprint density at radius 2 is 1.88 bits per heavy atom. The van der Waals surface area contributed by atoms with Crippen LogP contribution in [0.1, 0.15) is 36.1 Å². The van der Waals surface area contributed by atoms with Gasteiger partial charge < -0.3 is 16.0 Å². The Morgan fingerprint density at radius 1 is 1.12 bits per heavy atom. The van der Waals surface area contributed by atoms with Gasteiger partial charge in [-0.3, -0.25) is 14.3 Å². The van der Waals surface area contributed by atoms with Crippen molar-refractivity contribution < 1.29 is 4.79 Å². The van der Waals surface area contributed by atoms with Crippen molar-refractivity contribution in [3.63, 3.8) is 0 Å². The van der Waals surface area contributed by atoms with E-state index in [-0.39, 0.29) is 24.3 Å². The number of rotatable bonds is 5. The second-order valence-electron chi connectivity index (χ2n) is 8.49. The summed E-state index contributed by atoms with van der Waals surface area (Å²) in [6.07, 6.45) is 1.97. The van der Waals surface area contributed by atoms with Gasteiger partial charge in [-0.15, -0.1) is 16.1 Å². The summed E-state index contributed by atoms with van der Waals surface area (Å²) in [6.45, 7) is 3.91. The van der Waals surface area contributed by atoms with Crippen molar-refractivity contribution in [3.8, 4) is 11.8 Å². The molecule has 0 bridgehead atoms. The van der Waals surface area contributed by atoms with Gasteiger partial charge in [0.05, 0.1) is 24.3 Å². The van der Waals surface area contributed by atoms with E-state index in [9.17, 15) is 4.79 Å². The molecule has 4 aromatic rings. The molecule has 1 atom stereocenters. The summed E-state index contributed by atoms with van der Waals surface area (Å²) < 4.78 is 1.77. The lowest BCUT2D eigenvalue weighted by atomic mass is 10.0. The first-order valence-corrected chi connectivity index (χ1v) is 11.5. The summed E-state index contributed by atoms with van der Waals surface area (Å²) in [7, 11) is 0. The number of anilines is 1. The fourth-order valence-electron chi connectivity index (χ4n) is 4.54. The van der Waals surface area contributed by atoms with Crippen molar-refractivity contribution in [2.24, 2.45) is 5.73 Å². The van der Waals surface area contributed by atoms with Crippen LogP contribution in [0.3, 0.4) is 0 Å². The van der Waals surface area contributed by atoms with E-state index < -0.39 is 0 Å². The third kappa shape index (κ3) is 4.18. The Hall–Kier alpha value is -3.96. The van der Waals surface area contributed by atoms with Gasteiger partial charge >= 0.3 is 0 Å². The summed E-state index contributed by atoms with van der Waals surface area (Å²) in [6, 6.07) is 16.2.